The highest BCUT2D eigenvalue weighted by molar-refractivity contribution is 7.89. The Balaban J connectivity index is 2.68. The number of benzene rings is 1. The van der Waals surface area contributed by atoms with Crippen LogP contribution in [0.4, 0.5) is 10.1 Å². The van der Waals surface area contributed by atoms with Gasteiger partial charge in [0.1, 0.15) is 10.7 Å². The molecule has 1 aromatic rings. The number of nitrogens with one attached hydrogen (secondary N) is 1. The fraction of sp³-hybridized carbons (Fsp3) is 0.500. The first-order chi connectivity index (χ1) is 9.77. The smallest absolute Gasteiger partial charge is 0.242 e. The van der Waals surface area contributed by atoms with E-state index in [1.54, 1.807) is 7.11 Å². The van der Waals surface area contributed by atoms with Gasteiger partial charge in [0.2, 0.25) is 10.0 Å². The van der Waals surface area contributed by atoms with E-state index in [2.05, 4.69) is 4.72 Å². The van der Waals surface area contributed by atoms with Crippen LogP contribution in [0, 0.1) is 5.82 Å². The lowest BCUT2D eigenvalue weighted by Crippen LogP contribution is -2.34. The van der Waals surface area contributed by atoms with Gasteiger partial charge in [0.25, 0.3) is 0 Å². The van der Waals surface area contributed by atoms with Gasteiger partial charge in [-0.05, 0) is 19.2 Å². The molecule has 0 spiro atoms. The summed E-state index contributed by atoms with van der Waals surface area (Å²) >= 11 is 5.75. The standard InChI is InChI=1S/C12H19ClFN3O3S/c1-17(5-6-20-2)4-3-16-21(18,19)12-8-11(15)10(14)7-9(12)13/h7-8,16H,3-6,15H2,1-2H3. The fourth-order valence-corrected chi connectivity index (χ4v) is 3.13. The van der Waals surface area contributed by atoms with Gasteiger partial charge in [-0.1, -0.05) is 11.6 Å². The third-order valence-corrected chi connectivity index (χ3v) is 4.73. The minimum atomic E-state index is -3.83. The average molecular weight is 340 g/mol. The summed E-state index contributed by atoms with van der Waals surface area (Å²) in [6, 6.07) is 1.89. The van der Waals surface area contributed by atoms with Crippen molar-refractivity contribution in [3.05, 3.63) is 23.0 Å². The van der Waals surface area contributed by atoms with Gasteiger partial charge in [-0.3, -0.25) is 0 Å². The van der Waals surface area contributed by atoms with E-state index in [1.807, 2.05) is 11.9 Å². The summed E-state index contributed by atoms with van der Waals surface area (Å²) in [5.74, 6) is -0.752. The number of nitrogens with two attached hydrogens (primary N) is 1. The van der Waals surface area contributed by atoms with Crippen LogP contribution in [-0.2, 0) is 14.8 Å². The Morgan fingerprint density at radius 1 is 1.43 bits per heavy atom. The van der Waals surface area contributed by atoms with Crippen molar-refractivity contribution < 1.29 is 17.5 Å². The number of nitrogen functional groups attached to an aromatic ring is 1. The maximum Gasteiger partial charge on any atom is 0.242 e. The number of hydrogen-bond acceptors (Lipinski definition) is 5. The Labute approximate surface area is 129 Å². The largest absolute Gasteiger partial charge is 0.396 e. The highest BCUT2D eigenvalue weighted by Crippen LogP contribution is 2.25. The molecule has 0 radical (unpaired) electrons. The second-order valence-corrected chi connectivity index (χ2v) is 6.64. The molecule has 6 nitrogen and oxygen atoms in total. The molecule has 0 atom stereocenters. The van der Waals surface area contributed by atoms with Gasteiger partial charge in [-0.25, -0.2) is 17.5 Å². The molecule has 1 rings (SSSR count). The average Bonchev–Trinajstić information content (AvgIpc) is 2.40. The van der Waals surface area contributed by atoms with E-state index < -0.39 is 15.8 Å². The quantitative estimate of drug-likeness (QED) is 0.688. The predicted molar refractivity (Wildman–Crippen MR) is 80.4 cm³/mol. The number of rotatable bonds is 8. The van der Waals surface area contributed by atoms with Gasteiger partial charge in [-0.2, -0.15) is 0 Å². The van der Waals surface area contributed by atoms with E-state index in [-0.39, 0.29) is 22.2 Å². The summed E-state index contributed by atoms with van der Waals surface area (Å²) in [6.07, 6.45) is 0. The van der Waals surface area contributed by atoms with Crippen LogP contribution in [0.2, 0.25) is 5.02 Å². The number of methoxy groups -OCH3 is 1. The summed E-state index contributed by atoms with van der Waals surface area (Å²) in [6.45, 7) is 1.93. The Morgan fingerprint density at radius 2 is 2.10 bits per heavy atom. The number of ether oxygens (including phenoxy) is 1. The number of hydrogen-bond donors (Lipinski definition) is 2. The zero-order valence-electron chi connectivity index (χ0n) is 11.9. The van der Waals surface area contributed by atoms with Crippen molar-refractivity contribution in [2.24, 2.45) is 0 Å². The Morgan fingerprint density at radius 3 is 2.71 bits per heavy atom. The summed E-state index contributed by atoms with van der Waals surface area (Å²) in [7, 11) is -0.395. The fourth-order valence-electron chi connectivity index (χ4n) is 1.56. The molecule has 0 amide bonds. The van der Waals surface area contributed by atoms with Crippen LogP contribution in [0.15, 0.2) is 17.0 Å². The van der Waals surface area contributed by atoms with Crippen LogP contribution >= 0.6 is 11.6 Å². The van der Waals surface area contributed by atoms with Crippen molar-refractivity contribution >= 4 is 27.3 Å². The van der Waals surface area contributed by atoms with Gasteiger partial charge in [-0.15, -0.1) is 0 Å². The van der Waals surface area contributed by atoms with Crippen LogP contribution in [0.5, 0.6) is 0 Å². The monoisotopic (exact) mass is 339 g/mol. The van der Waals surface area contributed by atoms with Crippen LogP contribution in [-0.4, -0.2) is 53.7 Å². The lowest BCUT2D eigenvalue weighted by atomic mass is 10.3. The normalized spacial score (nSPS) is 12.0. The molecule has 0 fully saturated rings. The Bertz CT molecular complexity index is 583. The third kappa shape index (κ3) is 5.40. The van der Waals surface area contributed by atoms with E-state index in [0.29, 0.717) is 19.7 Å². The molecule has 9 heteroatoms. The molecular weight excluding hydrogens is 321 g/mol. The van der Waals surface area contributed by atoms with Crippen molar-refractivity contribution in [3.8, 4) is 0 Å². The third-order valence-electron chi connectivity index (χ3n) is 2.80. The SMILES string of the molecule is COCCN(C)CCNS(=O)(=O)c1cc(N)c(F)cc1Cl. The van der Waals surface area contributed by atoms with Gasteiger partial charge in [0.15, 0.2) is 0 Å². The number of likely N-dealkylation sites (N-methyl/N-ethyl adjacent to an activating group) is 1. The van der Waals surface area contributed by atoms with E-state index in [0.717, 1.165) is 12.1 Å². The molecular formula is C12H19ClFN3O3S. The molecule has 0 aliphatic heterocycles. The number of nitrogens with zero attached hydrogens (tertiary/aromatic N) is 1. The summed E-state index contributed by atoms with van der Waals surface area (Å²) in [4.78, 5) is 1.68. The second-order valence-electron chi connectivity index (χ2n) is 4.50. The molecule has 120 valence electrons. The molecule has 0 unspecified atom stereocenters. The molecule has 21 heavy (non-hydrogen) atoms. The Kier molecular flexibility index (Phi) is 6.82. The van der Waals surface area contributed by atoms with Gasteiger partial charge in [0, 0.05) is 26.7 Å². The highest BCUT2D eigenvalue weighted by atomic mass is 35.5. The lowest BCUT2D eigenvalue weighted by molar-refractivity contribution is 0.162. The van der Waals surface area contributed by atoms with Crippen molar-refractivity contribution in [1.82, 2.24) is 9.62 Å². The number of sulfonamides is 1. The molecule has 0 aromatic heterocycles. The van der Waals surface area contributed by atoms with Gasteiger partial charge >= 0.3 is 0 Å². The first-order valence-electron chi connectivity index (χ1n) is 6.19. The maximum absolute atomic E-state index is 13.2. The van der Waals surface area contributed by atoms with Gasteiger partial charge < -0.3 is 15.4 Å². The van der Waals surface area contributed by atoms with Crippen LogP contribution < -0.4 is 10.5 Å². The first-order valence-corrected chi connectivity index (χ1v) is 8.05. The van der Waals surface area contributed by atoms with Crippen molar-refractivity contribution in [2.45, 2.75) is 4.90 Å². The second kappa shape index (κ2) is 7.90. The number of halogens is 2. The van der Waals surface area contributed by atoms with Crippen LogP contribution in [0.3, 0.4) is 0 Å². The van der Waals surface area contributed by atoms with Gasteiger partial charge in [0.05, 0.1) is 17.3 Å². The predicted octanol–water partition coefficient (Wildman–Crippen LogP) is 0.918. The van der Waals surface area contributed by atoms with Crippen molar-refractivity contribution in [3.63, 3.8) is 0 Å². The zero-order chi connectivity index (χ0) is 16.0. The number of anilines is 1. The van der Waals surface area contributed by atoms with Crippen LogP contribution in [0.1, 0.15) is 0 Å². The summed E-state index contributed by atoms with van der Waals surface area (Å²) in [5, 5.41) is -0.207. The van der Waals surface area contributed by atoms with E-state index in [4.69, 9.17) is 22.1 Å². The van der Waals surface area contributed by atoms with E-state index >= 15 is 0 Å². The molecule has 0 aliphatic carbocycles. The molecule has 0 heterocycles. The topological polar surface area (TPSA) is 84.7 Å². The highest BCUT2D eigenvalue weighted by Gasteiger charge is 2.19. The molecule has 0 bridgehead atoms. The van der Waals surface area contributed by atoms with Crippen molar-refractivity contribution in [1.29, 1.82) is 0 Å². The zero-order valence-corrected chi connectivity index (χ0v) is 13.5. The molecule has 1 aromatic carbocycles. The van der Waals surface area contributed by atoms with E-state index in [1.165, 1.54) is 0 Å². The van der Waals surface area contributed by atoms with Crippen LogP contribution in [0.25, 0.3) is 0 Å². The van der Waals surface area contributed by atoms with E-state index in [9.17, 15) is 12.8 Å². The lowest BCUT2D eigenvalue weighted by Gasteiger charge is -2.16. The molecule has 0 saturated carbocycles. The van der Waals surface area contributed by atoms with Crippen molar-refractivity contribution in [2.75, 3.05) is 46.1 Å². The minimum absolute atomic E-state index is 0.191. The first kappa shape index (κ1) is 18.1. The summed E-state index contributed by atoms with van der Waals surface area (Å²) < 4.78 is 44.7. The maximum atomic E-state index is 13.2. The summed E-state index contributed by atoms with van der Waals surface area (Å²) in [5.41, 5.74) is 5.10. The Hall–Kier alpha value is -0.930. The molecule has 0 aliphatic rings. The molecule has 3 N–H and O–H groups in total. The minimum Gasteiger partial charge on any atom is -0.396 e. The molecule has 0 saturated heterocycles.